The van der Waals surface area contributed by atoms with E-state index in [-0.39, 0.29) is 24.7 Å². The molecule has 1 atom stereocenters. The summed E-state index contributed by atoms with van der Waals surface area (Å²) in [5.41, 5.74) is -0.800. The van der Waals surface area contributed by atoms with Gasteiger partial charge in [-0.15, -0.1) is 0 Å². The quantitative estimate of drug-likeness (QED) is 0.778. The molecule has 1 saturated heterocycles. The summed E-state index contributed by atoms with van der Waals surface area (Å²) in [6.45, 7) is 2.48. The molecule has 0 aromatic carbocycles. The Morgan fingerprint density at radius 1 is 1.44 bits per heavy atom. The summed E-state index contributed by atoms with van der Waals surface area (Å²) in [6.07, 6.45) is 2.44. The number of nitrogens with one attached hydrogen (secondary N) is 1. The first-order chi connectivity index (χ1) is 8.44. The van der Waals surface area contributed by atoms with Crippen LogP contribution in [0.5, 0.6) is 0 Å². The number of nitrogens with zero attached hydrogens (tertiary/aromatic N) is 1. The minimum Gasteiger partial charge on any atom is -0.481 e. The van der Waals surface area contributed by atoms with Crippen LogP contribution in [0.25, 0.3) is 0 Å². The maximum atomic E-state index is 11.9. The summed E-state index contributed by atoms with van der Waals surface area (Å²) >= 11 is 0. The average molecular weight is 256 g/mol. The van der Waals surface area contributed by atoms with E-state index in [1.54, 1.807) is 18.9 Å². The fraction of sp³-hybridized carbons (Fsp3) is 0.833. The molecule has 2 rings (SSSR count). The van der Waals surface area contributed by atoms with Crippen LogP contribution in [0.2, 0.25) is 0 Å². The van der Waals surface area contributed by atoms with Crippen LogP contribution in [0.3, 0.4) is 0 Å². The number of amides is 2. The third-order valence-corrected chi connectivity index (χ3v) is 4.03. The van der Waals surface area contributed by atoms with Gasteiger partial charge in [-0.1, -0.05) is 0 Å². The maximum Gasteiger partial charge on any atom is 0.317 e. The number of likely N-dealkylation sites (tertiary alicyclic amines) is 1. The Morgan fingerprint density at radius 2 is 2.11 bits per heavy atom. The van der Waals surface area contributed by atoms with Gasteiger partial charge in [0.2, 0.25) is 0 Å². The van der Waals surface area contributed by atoms with E-state index in [0.29, 0.717) is 13.0 Å². The molecule has 6 nitrogen and oxygen atoms in total. The molecule has 1 aliphatic heterocycles. The lowest BCUT2D eigenvalue weighted by Crippen LogP contribution is -2.51. The van der Waals surface area contributed by atoms with Gasteiger partial charge in [0.05, 0.1) is 11.5 Å². The Kier molecular flexibility index (Phi) is 3.47. The number of methoxy groups -OCH3 is 1. The Bertz CT molecular complexity index is 354. The molecule has 0 aromatic rings. The zero-order valence-corrected chi connectivity index (χ0v) is 10.8. The first-order valence-corrected chi connectivity index (χ1v) is 6.26. The van der Waals surface area contributed by atoms with E-state index in [0.717, 1.165) is 12.8 Å². The second kappa shape index (κ2) is 4.76. The van der Waals surface area contributed by atoms with E-state index in [1.165, 1.54) is 0 Å². The predicted octanol–water partition coefficient (Wildman–Crippen LogP) is 0.670. The molecule has 0 aromatic heterocycles. The predicted molar refractivity (Wildman–Crippen MR) is 64.3 cm³/mol. The summed E-state index contributed by atoms with van der Waals surface area (Å²) in [7, 11) is 1.67. The van der Waals surface area contributed by atoms with E-state index >= 15 is 0 Å². The number of rotatable bonds is 3. The molecule has 2 aliphatic rings. The lowest BCUT2D eigenvalue weighted by atomic mass is 9.89. The number of urea groups is 1. The van der Waals surface area contributed by atoms with Crippen molar-refractivity contribution in [2.75, 3.05) is 20.2 Å². The summed E-state index contributed by atoms with van der Waals surface area (Å²) < 4.78 is 5.15. The van der Waals surface area contributed by atoms with Crippen LogP contribution >= 0.6 is 0 Å². The molecule has 0 bridgehead atoms. The van der Waals surface area contributed by atoms with Crippen LogP contribution in [0.15, 0.2) is 0 Å². The van der Waals surface area contributed by atoms with Crippen molar-refractivity contribution in [1.82, 2.24) is 10.2 Å². The molecule has 1 aliphatic carbocycles. The van der Waals surface area contributed by atoms with E-state index in [2.05, 4.69) is 5.32 Å². The molecule has 2 amide bonds. The molecular weight excluding hydrogens is 236 g/mol. The van der Waals surface area contributed by atoms with Crippen LogP contribution in [0.1, 0.15) is 26.2 Å². The number of hydrogen-bond donors (Lipinski definition) is 2. The normalized spacial score (nSPS) is 35.1. The van der Waals surface area contributed by atoms with Crippen LogP contribution in [-0.4, -0.2) is 54.4 Å². The molecule has 18 heavy (non-hydrogen) atoms. The topological polar surface area (TPSA) is 78.9 Å². The van der Waals surface area contributed by atoms with Crippen molar-refractivity contribution in [3.05, 3.63) is 0 Å². The van der Waals surface area contributed by atoms with Crippen molar-refractivity contribution >= 4 is 12.0 Å². The number of aliphatic carboxylic acids is 1. The number of carboxylic acids is 1. The maximum absolute atomic E-state index is 11.9. The van der Waals surface area contributed by atoms with E-state index < -0.39 is 11.4 Å². The highest BCUT2D eigenvalue weighted by Crippen LogP contribution is 2.30. The van der Waals surface area contributed by atoms with Crippen molar-refractivity contribution < 1.29 is 19.4 Å². The Morgan fingerprint density at radius 3 is 2.61 bits per heavy atom. The lowest BCUT2D eigenvalue weighted by Gasteiger charge is -2.35. The third-order valence-electron chi connectivity index (χ3n) is 4.03. The summed E-state index contributed by atoms with van der Waals surface area (Å²) in [6, 6.07) is 0.0127. The molecule has 2 fully saturated rings. The van der Waals surface area contributed by atoms with Gasteiger partial charge < -0.3 is 20.1 Å². The average Bonchev–Trinajstić information content (AvgIpc) is 2.67. The third kappa shape index (κ3) is 2.43. The molecule has 0 spiro atoms. The van der Waals surface area contributed by atoms with Gasteiger partial charge in [-0.3, -0.25) is 4.79 Å². The molecule has 102 valence electrons. The fourth-order valence-electron chi connectivity index (χ4n) is 2.45. The van der Waals surface area contributed by atoms with E-state index in [9.17, 15) is 9.59 Å². The van der Waals surface area contributed by atoms with Crippen molar-refractivity contribution in [2.45, 2.75) is 38.3 Å². The summed E-state index contributed by atoms with van der Waals surface area (Å²) in [4.78, 5) is 24.6. The highest BCUT2D eigenvalue weighted by atomic mass is 16.5. The van der Waals surface area contributed by atoms with Gasteiger partial charge in [-0.25, -0.2) is 4.79 Å². The molecule has 6 heteroatoms. The SMILES string of the molecule is COC1CC(NC(=O)N2CCC(C)(C(=O)O)C2)C1. The second-order valence-corrected chi connectivity index (χ2v) is 5.51. The van der Waals surface area contributed by atoms with E-state index in [4.69, 9.17) is 9.84 Å². The smallest absolute Gasteiger partial charge is 0.317 e. The second-order valence-electron chi connectivity index (χ2n) is 5.51. The van der Waals surface area contributed by atoms with Crippen LogP contribution in [0.4, 0.5) is 4.79 Å². The van der Waals surface area contributed by atoms with Crippen molar-refractivity contribution in [1.29, 1.82) is 0 Å². The highest BCUT2D eigenvalue weighted by molar-refractivity contribution is 5.79. The molecule has 1 heterocycles. The Balaban J connectivity index is 1.80. The van der Waals surface area contributed by atoms with Crippen LogP contribution in [0, 0.1) is 5.41 Å². The fourth-order valence-corrected chi connectivity index (χ4v) is 2.45. The molecule has 2 N–H and O–H groups in total. The number of hydrogen-bond acceptors (Lipinski definition) is 3. The highest BCUT2D eigenvalue weighted by Gasteiger charge is 2.43. The van der Waals surface area contributed by atoms with Crippen molar-refractivity contribution in [2.24, 2.45) is 5.41 Å². The lowest BCUT2D eigenvalue weighted by molar-refractivity contribution is -0.146. The van der Waals surface area contributed by atoms with Crippen molar-refractivity contribution in [3.8, 4) is 0 Å². The first-order valence-electron chi connectivity index (χ1n) is 6.26. The van der Waals surface area contributed by atoms with Crippen LogP contribution in [-0.2, 0) is 9.53 Å². The molecule has 1 unspecified atom stereocenters. The molecule has 0 radical (unpaired) electrons. The van der Waals surface area contributed by atoms with Gasteiger partial charge in [0.1, 0.15) is 0 Å². The van der Waals surface area contributed by atoms with Gasteiger partial charge in [0.15, 0.2) is 0 Å². The zero-order chi connectivity index (χ0) is 13.3. The van der Waals surface area contributed by atoms with Gasteiger partial charge in [0.25, 0.3) is 0 Å². The number of carbonyl (C=O) groups is 2. The monoisotopic (exact) mass is 256 g/mol. The van der Waals surface area contributed by atoms with Gasteiger partial charge >= 0.3 is 12.0 Å². The first kappa shape index (κ1) is 13.1. The Labute approximate surface area is 106 Å². The molecular formula is C12H20N2O4. The minimum absolute atomic E-state index is 0.153. The number of carboxylic acid groups (broad SMARTS) is 1. The van der Waals surface area contributed by atoms with Crippen LogP contribution < -0.4 is 5.32 Å². The number of ether oxygens (including phenoxy) is 1. The van der Waals surface area contributed by atoms with Gasteiger partial charge in [-0.05, 0) is 26.2 Å². The largest absolute Gasteiger partial charge is 0.481 e. The number of carbonyl (C=O) groups excluding carboxylic acids is 1. The van der Waals surface area contributed by atoms with E-state index in [1.807, 2.05) is 0 Å². The van der Waals surface area contributed by atoms with Gasteiger partial charge in [0, 0.05) is 26.2 Å². The summed E-state index contributed by atoms with van der Waals surface area (Å²) in [5.74, 6) is -0.833. The van der Waals surface area contributed by atoms with Crippen molar-refractivity contribution in [3.63, 3.8) is 0 Å². The zero-order valence-electron chi connectivity index (χ0n) is 10.8. The molecule has 1 saturated carbocycles. The standard InChI is InChI=1S/C12H20N2O4/c1-12(10(15)16)3-4-14(7-12)11(17)13-8-5-9(6-8)18-2/h8-9H,3-7H2,1-2H3,(H,13,17)(H,15,16). The Hall–Kier alpha value is -1.30. The van der Waals surface area contributed by atoms with Gasteiger partial charge in [-0.2, -0.15) is 0 Å². The minimum atomic E-state index is -0.833. The summed E-state index contributed by atoms with van der Waals surface area (Å²) in [5, 5.41) is 12.0.